The normalized spacial score (nSPS) is 10.9. The Morgan fingerprint density at radius 2 is 2.13 bits per heavy atom. The highest BCUT2D eigenvalue weighted by Gasteiger charge is 2.18. The Hall–Kier alpha value is -1.99. The average molecular weight is 347 g/mol. The highest BCUT2D eigenvalue weighted by atomic mass is 32.1. The number of thiazole rings is 1. The lowest BCUT2D eigenvalue weighted by Gasteiger charge is -2.15. The van der Waals surface area contributed by atoms with Gasteiger partial charge in [-0.3, -0.25) is 4.79 Å². The van der Waals surface area contributed by atoms with Crippen LogP contribution in [0.15, 0.2) is 26.6 Å². The van der Waals surface area contributed by atoms with Gasteiger partial charge in [-0.15, -0.1) is 11.3 Å². The molecule has 0 saturated carbocycles. The summed E-state index contributed by atoms with van der Waals surface area (Å²) in [6.07, 6.45) is 0.235. The van der Waals surface area contributed by atoms with Gasteiger partial charge in [-0.05, 0) is 25.3 Å². The van der Waals surface area contributed by atoms with Crippen molar-refractivity contribution >= 4 is 28.6 Å². The minimum absolute atomic E-state index is 0.00363. The summed E-state index contributed by atoms with van der Waals surface area (Å²) in [5.41, 5.74) is 2.56. The fraction of sp³-hybridized carbons (Fsp3) is 0.312. The second-order valence-corrected chi connectivity index (χ2v) is 7.16. The first kappa shape index (κ1) is 15.9. The van der Waals surface area contributed by atoms with Crippen molar-refractivity contribution in [2.75, 3.05) is 7.05 Å². The summed E-state index contributed by atoms with van der Waals surface area (Å²) in [5, 5.41) is 6.94. The standard InChI is InChI=1S/C16H17N3O2S2/c1-10-14(18-16(21-10)12-4-5-22-8-12)6-15(20)19(3)7-13-9-23-11(2)17-13/h4-5,8-9H,6-7H2,1-3H3. The molecule has 0 aromatic carbocycles. The van der Waals surface area contributed by atoms with Crippen LogP contribution in [0.25, 0.3) is 11.5 Å². The molecule has 3 aromatic rings. The number of nitrogens with zero attached hydrogens (tertiary/aromatic N) is 3. The van der Waals surface area contributed by atoms with E-state index in [0.29, 0.717) is 23.9 Å². The maximum atomic E-state index is 12.4. The molecule has 0 fully saturated rings. The third-order valence-corrected chi connectivity index (χ3v) is 4.98. The first-order valence-electron chi connectivity index (χ1n) is 7.17. The van der Waals surface area contributed by atoms with E-state index in [2.05, 4.69) is 9.97 Å². The summed E-state index contributed by atoms with van der Waals surface area (Å²) in [7, 11) is 1.78. The van der Waals surface area contributed by atoms with Gasteiger partial charge < -0.3 is 9.32 Å². The van der Waals surface area contributed by atoms with Crippen molar-refractivity contribution in [3.05, 3.63) is 44.4 Å². The number of carbonyl (C=O) groups is 1. The summed E-state index contributed by atoms with van der Waals surface area (Å²) in [6, 6.07) is 1.96. The van der Waals surface area contributed by atoms with Gasteiger partial charge >= 0.3 is 0 Å². The second kappa shape index (κ2) is 6.64. The zero-order chi connectivity index (χ0) is 16.4. The Kier molecular flexibility index (Phi) is 4.58. The molecule has 5 nitrogen and oxygen atoms in total. The molecular weight excluding hydrogens is 330 g/mol. The molecular formula is C16H17N3O2S2. The Labute approximate surface area is 142 Å². The largest absolute Gasteiger partial charge is 0.441 e. The van der Waals surface area contributed by atoms with Crippen LogP contribution in [-0.4, -0.2) is 27.8 Å². The smallest absolute Gasteiger partial charge is 0.228 e. The van der Waals surface area contributed by atoms with Crippen molar-refractivity contribution in [3.8, 4) is 11.5 Å². The van der Waals surface area contributed by atoms with E-state index in [-0.39, 0.29) is 12.3 Å². The molecule has 3 heterocycles. The zero-order valence-electron chi connectivity index (χ0n) is 13.2. The predicted molar refractivity (Wildman–Crippen MR) is 91.6 cm³/mol. The molecule has 23 heavy (non-hydrogen) atoms. The number of aryl methyl sites for hydroxylation is 2. The molecule has 0 bridgehead atoms. The van der Waals surface area contributed by atoms with Crippen molar-refractivity contribution in [3.63, 3.8) is 0 Å². The van der Waals surface area contributed by atoms with E-state index in [0.717, 1.165) is 16.3 Å². The number of hydrogen-bond acceptors (Lipinski definition) is 6. The number of carbonyl (C=O) groups excluding carboxylic acids is 1. The minimum Gasteiger partial charge on any atom is -0.441 e. The van der Waals surface area contributed by atoms with Gasteiger partial charge in [0.15, 0.2) is 0 Å². The zero-order valence-corrected chi connectivity index (χ0v) is 14.8. The molecule has 0 aliphatic rings. The summed E-state index contributed by atoms with van der Waals surface area (Å²) < 4.78 is 5.68. The molecule has 0 saturated heterocycles. The van der Waals surface area contributed by atoms with Gasteiger partial charge in [0, 0.05) is 23.4 Å². The first-order valence-corrected chi connectivity index (χ1v) is 8.99. The van der Waals surface area contributed by atoms with Gasteiger partial charge in [0.1, 0.15) is 5.76 Å². The number of amides is 1. The van der Waals surface area contributed by atoms with Crippen LogP contribution in [0.3, 0.4) is 0 Å². The molecule has 0 unspecified atom stereocenters. The summed E-state index contributed by atoms with van der Waals surface area (Å²) in [5.74, 6) is 1.27. The van der Waals surface area contributed by atoms with E-state index in [1.807, 2.05) is 36.1 Å². The summed E-state index contributed by atoms with van der Waals surface area (Å²) >= 11 is 3.18. The highest BCUT2D eigenvalue weighted by Crippen LogP contribution is 2.24. The Morgan fingerprint density at radius 1 is 1.30 bits per heavy atom. The first-order chi connectivity index (χ1) is 11.0. The van der Waals surface area contributed by atoms with Crippen molar-refractivity contribution in [2.24, 2.45) is 0 Å². The van der Waals surface area contributed by atoms with Crippen LogP contribution in [0.1, 0.15) is 22.2 Å². The number of aromatic nitrogens is 2. The molecule has 120 valence electrons. The van der Waals surface area contributed by atoms with Crippen LogP contribution in [0.5, 0.6) is 0 Å². The number of hydrogen-bond donors (Lipinski definition) is 0. The van der Waals surface area contributed by atoms with Crippen LogP contribution in [0.4, 0.5) is 0 Å². The molecule has 3 aromatic heterocycles. The minimum atomic E-state index is 0.00363. The quantitative estimate of drug-likeness (QED) is 0.706. The van der Waals surface area contributed by atoms with E-state index in [4.69, 9.17) is 4.42 Å². The molecule has 1 amide bonds. The Balaban J connectivity index is 1.67. The van der Waals surface area contributed by atoms with Gasteiger partial charge in [-0.2, -0.15) is 11.3 Å². The van der Waals surface area contributed by atoms with Crippen molar-refractivity contribution in [1.82, 2.24) is 14.9 Å². The lowest BCUT2D eigenvalue weighted by Crippen LogP contribution is -2.28. The summed E-state index contributed by atoms with van der Waals surface area (Å²) in [4.78, 5) is 22.9. The van der Waals surface area contributed by atoms with E-state index in [9.17, 15) is 4.79 Å². The lowest BCUT2D eigenvalue weighted by atomic mass is 10.2. The third-order valence-electron chi connectivity index (χ3n) is 3.47. The number of thiophene rings is 1. The van der Waals surface area contributed by atoms with Crippen LogP contribution < -0.4 is 0 Å². The number of rotatable bonds is 5. The molecule has 0 radical (unpaired) electrons. The maximum absolute atomic E-state index is 12.4. The molecule has 0 N–H and O–H groups in total. The summed E-state index contributed by atoms with van der Waals surface area (Å²) in [6.45, 7) is 4.31. The number of likely N-dealkylation sites (N-methyl/N-ethyl adjacent to an activating group) is 1. The van der Waals surface area contributed by atoms with E-state index >= 15 is 0 Å². The van der Waals surface area contributed by atoms with Crippen molar-refractivity contribution in [1.29, 1.82) is 0 Å². The molecule has 3 rings (SSSR count). The third kappa shape index (κ3) is 3.68. The monoisotopic (exact) mass is 347 g/mol. The van der Waals surface area contributed by atoms with Gasteiger partial charge in [0.05, 0.1) is 29.4 Å². The van der Waals surface area contributed by atoms with E-state index in [1.165, 1.54) is 0 Å². The fourth-order valence-electron chi connectivity index (χ4n) is 2.19. The van der Waals surface area contributed by atoms with Gasteiger partial charge in [0.2, 0.25) is 11.8 Å². The molecule has 7 heteroatoms. The van der Waals surface area contributed by atoms with Gasteiger partial charge in [-0.25, -0.2) is 9.97 Å². The maximum Gasteiger partial charge on any atom is 0.228 e. The Bertz CT molecular complexity index is 805. The second-order valence-electron chi connectivity index (χ2n) is 5.32. The van der Waals surface area contributed by atoms with Crippen LogP contribution >= 0.6 is 22.7 Å². The Morgan fingerprint density at radius 3 is 2.78 bits per heavy atom. The van der Waals surface area contributed by atoms with Crippen molar-refractivity contribution < 1.29 is 9.21 Å². The van der Waals surface area contributed by atoms with E-state index in [1.54, 1.807) is 34.6 Å². The molecule has 0 atom stereocenters. The van der Waals surface area contributed by atoms with Crippen LogP contribution in [0.2, 0.25) is 0 Å². The van der Waals surface area contributed by atoms with Crippen LogP contribution in [-0.2, 0) is 17.8 Å². The van der Waals surface area contributed by atoms with Gasteiger partial charge in [-0.1, -0.05) is 0 Å². The topological polar surface area (TPSA) is 59.2 Å². The average Bonchev–Trinajstić information content (AvgIpc) is 3.22. The fourth-order valence-corrected chi connectivity index (χ4v) is 3.43. The highest BCUT2D eigenvalue weighted by molar-refractivity contribution is 7.09. The molecule has 0 aliphatic heterocycles. The SMILES string of the molecule is Cc1nc(CN(C)C(=O)Cc2nc(-c3ccsc3)oc2C)cs1. The number of oxazole rings is 1. The van der Waals surface area contributed by atoms with Crippen molar-refractivity contribution in [2.45, 2.75) is 26.8 Å². The van der Waals surface area contributed by atoms with Crippen LogP contribution in [0, 0.1) is 13.8 Å². The molecule has 0 spiro atoms. The predicted octanol–water partition coefficient (Wildman–Crippen LogP) is 3.68. The van der Waals surface area contributed by atoms with Gasteiger partial charge in [0.25, 0.3) is 0 Å². The lowest BCUT2D eigenvalue weighted by molar-refractivity contribution is -0.129. The molecule has 0 aliphatic carbocycles. The van der Waals surface area contributed by atoms with E-state index < -0.39 is 0 Å².